The first-order chi connectivity index (χ1) is 32.6. The molecule has 3 fully saturated rings. The molecule has 1 aliphatic carbocycles. The van der Waals surface area contributed by atoms with E-state index in [1.165, 1.54) is 18.1 Å². The average molecular weight is 962 g/mol. The Balaban J connectivity index is 0.912. The van der Waals surface area contributed by atoms with Gasteiger partial charge < -0.3 is 30.9 Å². The van der Waals surface area contributed by atoms with E-state index in [1.54, 1.807) is 42.5 Å². The molecule has 4 aliphatic heterocycles. The number of nitrogens with one attached hydrogen (secondary N) is 5. The molecule has 5 aliphatic rings. The summed E-state index contributed by atoms with van der Waals surface area (Å²) in [6, 6.07) is 19.0. The molecule has 4 heterocycles. The van der Waals surface area contributed by atoms with Crippen LogP contribution in [0.5, 0.6) is 5.75 Å². The van der Waals surface area contributed by atoms with Gasteiger partial charge in [-0.3, -0.25) is 29.3 Å². The molecule has 7 atom stereocenters. The Morgan fingerprint density at radius 3 is 2.56 bits per heavy atom. The Bertz CT molecular complexity index is 2780. The minimum absolute atomic E-state index is 0.00258. The van der Waals surface area contributed by atoms with Crippen molar-refractivity contribution >= 4 is 64.1 Å². The third-order valence-electron chi connectivity index (χ3n) is 14.5. The number of hydrogen-bond donors (Lipinski definition) is 5. The van der Waals surface area contributed by atoms with Crippen molar-refractivity contribution < 1.29 is 33.1 Å². The van der Waals surface area contributed by atoms with E-state index in [4.69, 9.17) is 27.9 Å². The quantitative estimate of drug-likeness (QED) is 0.0828. The van der Waals surface area contributed by atoms with Crippen molar-refractivity contribution in [2.24, 2.45) is 17.3 Å². The minimum atomic E-state index is -0.907. The number of amides is 5. The maximum atomic E-state index is 16.3. The molecule has 0 aromatic heterocycles. The van der Waals surface area contributed by atoms with Gasteiger partial charge in [-0.05, 0) is 102 Å². The standard InChI is InChI=1S/C53H55Cl2FN6O6/c1-52(2,3)25-43-53(28-58-40-24-33(54)18-19-37(40)53)45(35-13-8-14-38(55)46(35)56)47(60-43)50(66)59-39-20-17-31(23-42(39)68-4)48(64)57-26-32-10-6-5-9-29(32)15-16-30-11-7-12-34-36(30)27-62(51(34)67)41-21-22-44(63)61-49(41)65/h7-8,11-14,17-20,23-24,29,32,41,43,45,47,58,60H,5-6,9-10,21-22,25-28H2,1-4H3,(H,57,64)(H,59,66)(H,61,63,65)/t29-,32+,41?,43+,45+,47-,53+/m1/s1. The number of methoxy groups -OCH3 is 1. The number of rotatable bonds is 9. The highest BCUT2D eigenvalue weighted by Crippen LogP contribution is 2.57. The summed E-state index contributed by atoms with van der Waals surface area (Å²) in [5.74, 6) is 4.18. The Kier molecular flexibility index (Phi) is 13.1. The molecule has 4 aromatic carbocycles. The molecule has 68 heavy (non-hydrogen) atoms. The first kappa shape index (κ1) is 47.1. The zero-order valence-electron chi connectivity index (χ0n) is 38.5. The molecule has 12 nitrogen and oxygen atoms in total. The number of nitrogens with zero attached hydrogens (tertiary/aromatic N) is 1. The lowest BCUT2D eigenvalue weighted by Crippen LogP contribution is -2.52. The van der Waals surface area contributed by atoms with E-state index in [0.717, 1.165) is 48.1 Å². The van der Waals surface area contributed by atoms with Crippen molar-refractivity contribution in [2.45, 2.75) is 102 Å². The molecule has 354 valence electrons. The Morgan fingerprint density at radius 1 is 0.985 bits per heavy atom. The summed E-state index contributed by atoms with van der Waals surface area (Å²) in [5, 5.41) is 16.3. The van der Waals surface area contributed by atoms with E-state index in [9.17, 15) is 24.0 Å². The average Bonchev–Trinajstić information content (AvgIpc) is 3.96. The summed E-state index contributed by atoms with van der Waals surface area (Å²) in [5.41, 5.74) is 3.89. The monoisotopic (exact) mass is 960 g/mol. The van der Waals surface area contributed by atoms with Gasteiger partial charge in [0.25, 0.3) is 11.8 Å². The fourth-order valence-corrected chi connectivity index (χ4v) is 11.6. The maximum absolute atomic E-state index is 16.3. The second-order valence-electron chi connectivity index (χ2n) is 19.9. The Morgan fingerprint density at radius 2 is 1.78 bits per heavy atom. The van der Waals surface area contributed by atoms with Crippen LogP contribution in [-0.4, -0.2) is 72.8 Å². The fourth-order valence-electron chi connectivity index (χ4n) is 11.3. The highest BCUT2D eigenvalue weighted by Gasteiger charge is 2.61. The number of carbonyl (C=O) groups excluding carboxylic acids is 5. The smallest absolute Gasteiger partial charge is 0.255 e. The van der Waals surface area contributed by atoms with E-state index in [0.29, 0.717) is 46.9 Å². The van der Waals surface area contributed by atoms with Crippen LogP contribution < -0.4 is 31.3 Å². The van der Waals surface area contributed by atoms with Crippen LogP contribution in [0.15, 0.2) is 72.8 Å². The molecule has 4 aromatic rings. The Labute approximate surface area is 405 Å². The van der Waals surface area contributed by atoms with E-state index in [-0.39, 0.29) is 71.2 Å². The lowest BCUT2D eigenvalue weighted by Gasteiger charge is -2.39. The van der Waals surface area contributed by atoms with E-state index >= 15 is 4.39 Å². The lowest BCUT2D eigenvalue weighted by molar-refractivity contribution is -0.137. The third-order valence-corrected chi connectivity index (χ3v) is 15.0. The number of halogens is 3. The van der Waals surface area contributed by atoms with E-state index in [2.05, 4.69) is 59.2 Å². The number of ether oxygens (including phenoxy) is 1. The SMILES string of the molecule is COc1cc(C(=O)NC[C@@H]2CCCC[C@@H]2C#Cc2cccc3c2CN(C2CCC(=O)NC2=O)C3=O)ccc1NC(=O)[C@@H]1N[C@@H](CC(C)(C)C)[C@@]2(CNc3cc(Cl)ccc32)[C@H]1c1cccc(Cl)c1F. The van der Waals surface area contributed by atoms with Crippen LogP contribution in [-0.2, 0) is 26.3 Å². The fraction of sp³-hybridized carbons (Fsp3) is 0.415. The van der Waals surface area contributed by atoms with Crippen LogP contribution in [0.25, 0.3) is 0 Å². The van der Waals surface area contributed by atoms with Gasteiger partial charge in [0.15, 0.2) is 0 Å². The highest BCUT2D eigenvalue weighted by molar-refractivity contribution is 6.31. The van der Waals surface area contributed by atoms with Gasteiger partial charge in [-0.2, -0.15) is 0 Å². The molecule has 5 N–H and O–H groups in total. The number of fused-ring (bicyclic) bond motifs is 3. The normalized spacial score (nSPS) is 25.2. The molecule has 1 saturated carbocycles. The van der Waals surface area contributed by atoms with Gasteiger partial charge in [-0.25, -0.2) is 4.39 Å². The predicted molar refractivity (Wildman–Crippen MR) is 259 cm³/mol. The van der Waals surface area contributed by atoms with Crippen molar-refractivity contribution in [2.75, 3.05) is 30.8 Å². The molecule has 1 unspecified atom stereocenters. The molecule has 1 spiro atoms. The van der Waals surface area contributed by atoms with Crippen LogP contribution >= 0.6 is 23.2 Å². The van der Waals surface area contributed by atoms with Gasteiger partial charge in [-0.15, -0.1) is 0 Å². The topological polar surface area (TPSA) is 158 Å². The summed E-state index contributed by atoms with van der Waals surface area (Å²) in [6.45, 7) is 7.49. The second kappa shape index (κ2) is 18.9. The first-order valence-electron chi connectivity index (χ1n) is 23.4. The van der Waals surface area contributed by atoms with Crippen molar-refractivity contribution in [1.29, 1.82) is 0 Å². The molecule has 5 amide bonds. The molecular weight excluding hydrogens is 907 g/mol. The summed E-state index contributed by atoms with van der Waals surface area (Å²) >= 11 is 12.9. The number of benzene rings is 4. The number of anilines is 2. The number of carbonyl (C=O) groups is 5. The van der Waals surface area contributed by atoms with E-state index < -0.39 is 41.0 Å². The summed E-state index contributed by atoms with van der Waals surface area (Å²) in [6.07, 6.45) is 4.89. The van der Waals surface area contributed by atoms with E-state index in [1.807, 2.05) is 24.3 Å². The molecule has 15 heteroatoms. The number of imide groups is 1. The Hall–Kier alpha value is -5.94. The van der Waals surface area contributed by atoms with Crippen molar-refractivity contribution in [1.82, 2.24) is 20.9 Å². The molecule has 0 bridgehead atoms. The maximum Gasteiger partial charge on any atom is 0.255 e. The van der Waals surface area contributed by atoms with Crippen LogP contribution in [0.4, 0.5) is 15.8 Å². The summed E-state index contributed by atoms with van der Waals surface area (Å²) in [7, 11) is 1.47. The minimum Gasteiger partial charge on any atom is -0.495 e. The summed E-state index contributed by atoms with van der Waals surface area (Å²) in [4.78, 5) is 67.9. The van der Waals surface area contributed by atoms with Gasteiger partial charge in [-0.1, -0.05) is 92.9 Å². The largest absolute Gasteiger partial charge is 0.495 e. The number of piperidine rings is 1. The van der Waals surface area contributed by atoms with Crippen LogP contribution in [0.2, 0.25) is 10.0 Å². The number of hydrogen-bond acceptors (Lipinski definition) is 8. The van der Waals surface area contributed by atoms with Crippen molar-refractivity contribution in [3.8, 4) is 17.6 Å². The predicted octanol–water partition coefficient (Wildman–Crippen LogP) is 8.35. The zero-order valence-corrected chi connectivity index (χ0v) is 40.0. The molecule has 2 saturated heterocycles. The van der Waals surface area contributed by atoms with Crippen molar-refractivity contribution in [3.63, 3.8) is 0 Å². The van der Waals surface area contributed by atoms with Crippen LogP contribution in [0.3, 0.4) is 0 Å². The summed E-state index contributed by atoms with van der Waals surface area (Å²) < 4.78 is 22.1. The molecule has 9 rings (SSSR count). The van der Waals surface area contributed by atoms with Gasteiger partial charge in [0.1, 0.15) is 17.6 Å². The third kappa shape index (κ3) is 8.94. The molecular formula is C53H55Cl2FN6O6. The van der Waals surface area contributed by atoms with Gasteiger partial charge in [0.2, 0.25) is 17.7 Å². The van der Waals surface area contributed by atoms with Crippen LogP contribution in [0.1, 0.15) is 115 Å². The first-order valence-corrected chi connectivity index (χ1v) is 24.1. The van der Waals surface area contributed by atoms with Gasteiger partial charge in [0.05, 0.1) is 23.9 Å². The highest BCUT2D eigenvalue weighted by atomic mass is 35.5. The van der Waals surface area contributed by atoms with Gasteiger partial charge >= 0.3 is 0 Å². The lowest BCUT2D eigenvalue weighted by atomic mass is 9.63. The second-order valence-corrected chi connectivity index (χ2v) is 20.8. The van der Waals surface area contributed by atoms with Crippen molar-refractivity contribution in [3.05, 3.63) is 122 Å². The van der Waals surface area contributed by atoms with Gasteiger partial charge in [0, 0.05) is 76.7 Å². The molecule has 0 radical (unpaired) electrons. The van der Waals surface area contributed by atoms with Crippen LogP contribution in [0, 0.1) is 34.9 Å². The zero-order chi connectivity index (χ0) is 48.1.